The number of aryl methyl sites for hydroxylation is 2. The highest BCUT2D eigenvalue weighted by molar-refractivity contribution is 6.32. The van der Waals surface area contributed by atoms with E-state index in [1.54, 1.807) is 0 Å². The van der Waals surface area contributed by atoms with Gasteiger partial charge in [0.1, 0.15) is 5.78 Å². The molecule has 100 valence electrons. The molecule has 4 nitrogen and oxygen atoms in total. The van der Waals surface area contributed by atoms with Crippen molar-refractivity contribution in [3.05, 3.63) is 16.4 Å². The average Bonchev–Trinajstić information content (AvgIpc) is 3.13. The lowest BCUT2D eigenvalue weighted by molar-refractivity contribution is -0.123. The number of carbonyl (C=O) groups is 1. The van der Waals surface area contributed by atoms with Crippen LogP contribution in [-0.4, -0.2) is 22.1 Å². The van der Waals surface area contributed by atoms with Crippen molar-refractivity contribution < 1.29 is 4.79 Å². The SMILES string of the molecule is CCc1nn(CC)c(CC(=O)C2(CN)CC2)c1Cl. The van der Waals surface area contributed by atoms with E-state index in [4.69, 9.17) is 17.3 Å². The van der Waals surface area contributed by atoms with E-state index in [9.17, 15) is 4.79 Å². The standard InChI is InChI=1S/C13H20ClN3O/c1-3-9-12(14)10(17(4-2)16-9)7-11(18)13(8-15)5-6-13/h3-8,15H2,1-2H3. The van der Waals surface area contributed by atoms with Gasteiger partial charge in [-0.25, -0.2) is 0 Å². The molecule has 0 saturated heterocycles. The zero-order valence-corrected chi connectivity index (χ0v) is 11.8. The molecule has 0 amide bonds. The first-order valence-electron chi connectivity index (χ1n) is 6.55. The topological polar surface area (TPSA) is 60.9 Å². The summed E-state index contributed by atoms with van der Waals surface area (Å²) in [6, 6.07) is 0. The number of carbonyl (C=O) groups excluding carboxylic acids is 1. The molecule has 5 heteroatoms. The first kappa shape index (κ1) is 13.6. The predicted octanol–water partition coefficient (Wildman–Crippen LogP) is 1.97. The fourth-order valence-corrected chi connectivity index (χ4v) is 2.61. The van der Waals surface area contributed by atoms with E-state index >= 15 is 0 Å². The molecule has 0 spiro atoms. The lowest BCUT2D eigenvalue weighted by Crippen LogP contribution is -2.27. The predicted molar refractivity (Wildman–Crippen MR) is 71.7 cm³/mol. The van der Waals surface area contributed by atoms with Gasteiger partial charge in [0.2, 0.25) is 0 Å². The van der Waals surface area contributed by atoms with E-state index in [1.807, 2.05) is 18.5 Å². The molecular formula is C13H20ClN3O. The molecule has 0 aliphatic heterocycles. The van der Waals surface area contributed by atoms with Gasteiger partial charge in [-0.05, 0) is 26.2 Å². The van der Waals surface area contributed by atoms with Gasteiger partial charge in [-0.1, -0.05) is 18.5 Å². The molecule has 1 fully saturated rings. The maximum absolute atomic E-state index is 12.3. The third kappa shape index (κ3) is 2.19. The van der Waals surface area contributed by atoms with Crippen LogP contribution in [0.25, 0.3) is 0 Å². The van der Waals surface area contributed by atoms with Crippen LogP contribution >= 0.6 is 11.6 Å². The number of hydrogen-bond donors (Lipinski definition) is 1. The van der Waals surface area contributed by atoms with Crippen LogP contribution in [-0.2, 0) is 24.2 Å². The van der Waals surface area contributed by atoms with Gasteiger partial charge in [0.25, 0.3) is 0 Å². The van der Waals surface area contributed by atoms with Crippen molar-refractivity contribution in [1.82, 2.24) is 9.78 Å². The van der Waals surface area contributed by atoms with E-state index in [0.29, 0.717) is 18.0 Å². The number of halogens is 1. The zero-order valence-electron chi connectivity index (χ0n) is 11.0. The van der Waals surface area contributed by atoms with Gasteiger partial charge in [-0.2, -0.15) is 5.10 Å². The van der Waals surface area contributed by atoms with Gasteiger partial charge in [0, 0.05) is 18.5 Å². The Hall–Kier alpha value is -0.870. The van der Waals surface area contributed by atoms with Crippen molar-refractivity contribution in [2.45, 2.75) is 46.1 Å². The zero-order chi connectivity index (χ0) is 13.3. The van der Waals surface area contributed by atoms with Gasteiger partial charge in [0.05, 0.1) is 22.8 Å². The van der Waals surface area contributed by atoms with Crippen molar-refractivity contribution in [2.24, 2.45) is 11.1 Å². The van der Waals surface area contributed by atoms with Gasteiger partial charge in [0.15, 0.2) is 0 Å². The van der Waals surface area contributed by atoms with Crippen LogP contribution in [0.5, 0.6) is 0 Å². The summed E-state index contributed by atoms with van der Waals surface area (Å²) in [6.45, 7) is 5.21. The smallest absolute Gasteiger partial charge is 0.146 e. The van der Waals surface area contributed by atoms with Crippen molar-refractivity contribution in [3.8, 4) is 0 Å². The number of nitrogens with two attached hydrogens (primary N) is 1. The van der Waals surface area contributed by atoms with Gasteiger partial charge in [-0.15, -0.1) is 0 Å². The summed E-state index contributed by atoms with van der Waals surface area (Å²) in [7, 11) is 0. The van der Waals surface area contributed by atoms with Crippen molar-refractivity contribution in [3.63, 3.8) is 0 Å². The van der Waals surface area contributed by atoms with Crippen LogP contribution in [0.1, 0.15) is 38.1 Å². The molecular weight excluding hydrogens is 250 g/mol. The number of ketones is 1. The highest BCUT2D eigenvalue weighted by Gasteiger charge is 2.48. The van der Waals surface area contributed by atoms with Crippen molar-refractivity contribution in [1.29, 1.82) is 0 Å². The molecule has 2 N–H and O–H groups in total. The van der Waals surface area contributed by atoms with E-state index in [0.717, 1.165) is 37.2 Å². The molecule has 1 aromatic rings. The lowest BCUT2D eigenvalue weighted by Gasteiger charge is -2.11. The number of Topliss-reactive ketones (excluding diaryl/α,β-unsaturated/α-hetero) is 1. The minimum Gasteiger partial charge on any atom is -0.329 e. The highest BCUT2D eigenvalue weighted by Crippen LogP contribution is 2.46. The Labute approximate surface area is 112 Å². The Kier molecular flexibility index (Phi) is 3.78. The highest BCUT2D eigenvalue weighted by atomic mass is 35.5. The fourth-order valence-electron chi connectivity index (χ4n) is 2.27. The Balaban J connectivity index is 2.23. The fraction of sp³-hybridized carbons (Fsp3) is 0.692. The summed E-state index contributed by atoms with van der Waals surface area (Å²) < 4.78 is 1.84. The summed E-state index contributed by atoms with van der Waals surface area (Å²) >= 11 is 6.30. The molecule has 0 atom stereocenters. The van der Waals surface area contributed by atoms with E-state index in [1.165, 1.54) is 0 Å². The summed E-state index contributed by atoms with van der Waals surface area (Å²) in [6.07, 6.45) is 2.98. The van der Waals surface area contributed by atoms with Crippen LogP contribution in [0.2, 0.25) is 5.02 Å². The number of nitrogens with zero attached hydrogens (tertiary/aromatic N) is 2. The molecule has 0 radical (unpaired) electrons. The van der Waals surface area contributed by atoms with Crippen LogP contribution < -0.4 is 5.73 Å². The summed E-state index contributed by atoms with van der Waals surface area (Å²) in [4.78, 5) is 12.3. The first-order chi connectivity index (χ1) is 8.57. The first-order valence-corrected chi connectivity index (χ1v) is 6.93. The molecule has 0 unspecified atom stereocenters. The molecule has 18 heavy (non-hydrogen) atoms. The normalized spacial score (nSPS) is 16.9. The van der Waals surface area contributed by atoms with Crippen molar-refractivity contribution >= 4 is 17.4 Å². The molecule has 1 saturated carbocycles. The van der Waals surface area contributed by atoms with Crippen LogP contribution in [0, 0.1) is 5.41 Å². The third-order valence-electron chi connectivity index (χ3n) is 3.86. The Morgan fingerprint density at radius 1 is 1.50 bits per heavy atom. The molecule has 0 aromatic carbocycles. The second-order valence-corrected chi connectivity index (χ2v) is 5.34. The Morgan fingerprint density at radius 2 is 2.17 bits per heavy atom. The monoisotopic (exact) mass is 269 g/mol. The number of hydrogen-bond acceptors (Lipinski definition) is 3. The quantitative estimate of drug-likeness (QED) is 0.859. The molecule has 1 aliphatic carbocycles. The van der Waals surface area contributed by atoms with Crippen molar-refractivity contribution in [2.75, 3.05) is 6.54 Å². The van der Waals surface area contributed by atoms with Crippen LogP contribution in [0.3, 0.4) is 0 Å². The number of rotatable bonds is 6. The molecule has 1 aliphatic rings. The molecule has 1 heterocycles. The lowest BCUT2D eigenvalue weighted by atomic mass is 9.97. The summed E-state index contributed by atoms with van der Waals surface area (Å²) in [5, 5.41) is 5.08. The second-order valence-electron chi connectivity index (χ2n) is 4.96. The maximum Gasteiger partial charge on any atom is 0.146 e. The van der Waals surface area contributed by atoms with Crippen LogP contribution in [0.4, 0.5) is 0 Å². The Bertz CT molecular complexity index is 463. The largest absolute Gasteiger partial charge is 0.329 e. The van der Waals surface area contributed by atoms with E-state index in [2.05, 4.69) is 5.10 Å². The number of aromatic nitrogens is 2. The van der Waals surface area contributed by atoms with Gasteiger partial charge in [-0.3, -0.25) is 9.48 Å². The molecule has 0 bridgehead atoms. The minimum absolute atomic E-state index is 0.212. The summed E-state index contributed by atoms with van der Waals surface area (Å²) in [5.74, 6) is 0.212. The van der Waals surface area contributed by atoms with E-state index < -0.39 is 0 Å². The molecule has 2 rings (SSSR count). The molecule has 1 aromatic heterocycles. The second kappa shape index (κ2) is 5.02. The van der Waals surface area contributed by atoms with E-state index in [-0.39, 0.29) is 11.2 Å². The summed E-state index contributed by atoms with van der Waals surface area (Å²) in [5.41, 5.74) is 7.14. The van der Waals surface area contributed by atoms with Gasteiger partial charge >= 0.3 is 0 Å². The maximum atomic E-state index is 12.3. The average molecular weight is 270 g/mol. The minimum atomic E-state index is -0.265. The van der Waals surface area contributed by atoms with Crippen LogP contribution in [0.15, 0.2) is 0 Å². The third-order valence-corrected chi connectivity index (χ3v) is 4.29. The Morgan fingerprint density at radius 3 is 2.61 bits per heavy atom. The van der Waals surface area contributed by atoms with Gasteiger partial charge < -0.3 is 5.73 Å².